The SMILES string of the molecule is CC(C)C(NC(=O)C1CCCCC1)C(=O)N1CCC(NC(=O)c2cnn(C)c2)CC1. The zero-order chi connectivity index (χ0) is 21.7. The van der Waals surface area contributed by atoms with Gasteiger partial charge in [-0.05, 0) is 31.6 Å². The van der Waals surface area contributed by atoms with Crippen molar-refractivity contribution in [1.29, 1.82) is 0 Å². The summed E-state index contributed by atoms with van der Waals surface area (Å²) in [5, 5.41) is 10.1. The lowest BCUT2D eigenvalue weighted by atomic mass is 9.88. The highest BCUT2D eigenvalue weighted by Crippen LogP contribution is 2.24. The molecule has 30 heavy (non-hydrogen) atoms. The molecule has 1 atom stereocenters. The number of aryl methyl sites for hydroxylation is 1. The monoisotopic (exact) mass is 417 g/mol. The number of amides is 3. The quantitative estimate of drug-likeness (QED) is 0.738. The van der Waals surface area contributed by atoms with Gasteiger partial charge in [-0.2, -0.15) is 5.10 Å². The Morgan fingerprint density at radius 1 is 1.07 bits per heavy atom. The Morgan fingerprint density at radius 2 is 1.73 bits per heavy atom. The molecule has 2 heterocycles. The largest absolute Gasteiger partial charge is 0.349 e. The summed E-state index contributed by atoms with van der Waals surface area (Å²) >= 11 is 0. The molecule has 1 saturated carbocycles. The predicted molar refractivity (Wildman–Crippen MR) is 114 cm³/mol. The van der Waals surface area contributed by atoms with E-state index in [0.29, 0.717) is 31.5 Å². The highest BCUT2D eigenvalue weighted by atomic mass is 16.2. The molecule has 8 nitrogen and oxygen atoms in total. The van der Waals surface area contributed by atoms with Crippen LogP contribution in [0.25, 0.3) is 0 Å². The van der Waals surface area contributed by atoms with Gasteiger partial charge in [0.25, 0.3) is 5.91 Å². The number of likely N-dealkylation sites (tertiary alicyclic amines) is 1. The Morgan fingerprint density at radius 3 is 2.30 bits per heavy atom. The van der Waals surface area contributed by atoms with Crippen molar-refractivity contribution < 1.29 is 14.4 Å². The number of nitrogens with zero attached hydrogens (tertiary/aromatic N) is 3. The molecule has 2 aliphatic rings. The number of carbonyl (C=O) groups is 3. The summed E-state index contributed by atoms with van der Waals surface area (Å²) in [4.78, 5) is 39.9. The van der Waals surface area contributed by atoms with Crippen LogP contribution >= 0.6 is 0 Å². The van der Waals surface area contributed by atoms with E-state index in [2.05, 4.69) is 15.7 Å². The van der Waals surface area contributed by atoms with Crippen molar-refractivity contribution in [3.05, 3.63) is 18.0 Å². The first-order valence-corrected chi connectivity index (χ1v) is 11.2. The molecule has 8 heteroatoms. The summed E-state index contributed by atoms with van der Waals surface area (Å²) in [6, 6.07) is -0.447. The van der Waals surface area contributed by atoms with Crippen LogP contribution < -0.4 is 10.6 Å². The molecule has 1 aromatic rings. The van der Waals surface area contributed by atoms with Crippen molar-refractivity contribution in [3.8, 4) is 0 Å². The number of hydrogen-bond donors (Lipinski definition) is 2. The molecule has 0 aromatic carbocycles. The van der Waals surface area contributed by atoms with Crippen molar-refractivity contribution in [3.63, 3.8) is 0 Å². The molecule has 1 aliphatic carbocycles. The first-order valence-electron chi connectivity index (χ1n) is 11.2. The van der Waals surface area contributed by atoms with E-state index in [-0.39, 0.29) is 35.6 Å². The third-order valence-electron chi connectivity index (χ3n) is 6.32. The van der Waals surface area contributed by atoms with Crippen molar-refractivity contribution in [2.45, 2.75) is 70.9 Å². The van der Waals surface area contributed by atoms with E-state index in [4.69, 9.17) is 0 Å². The second-order valence-electron chi connectivity index (χ2n) is 9.04. The van der Waals surface area contributed by atoms with Gasteiger partial charge in [0.05, 0.1) is 11.8 Å². The first-order chi connectivity index (χ1) is 14.3. The molecule has 1 aliphatic heterocycles. The number of rotatable bonds is 6. The smallest absolute Gasteiger partial charge is 0.254 e. The second kappa shape index (κ2) is 10.1. The molecular formula is C22H35N5O3. The molecule has 166 valence electrons. The van der Waals surface area contributed by atoms with Crippen LogP contribution in [0.3, 0.4) is 0 Å². The summed E-state index contributed by atoms with van der Waals surface area (Å²) in [6.45, 7) is 5.12. The van der Waals surface area contributed by atoms with Gasteiger partial charge >= 0.3 is 0 Å². The van der Waals surface area contributed by atoms with Crippen LogP contribution in [0, 0.1) is 11.8 Å². The Balaban J connectivity index is 1.50. The predicted octanol–water partition coefficient (Wildman–Crippen LogP) is 1.86. The van der Waals surface area contributed by atoms with Crippen LogP contribution in [-0.4, -0.2) is 57.6 Å². The normalized spacial score (nSPS) is 19.5. The van der Waals surface area contributed by atoms with E-state index >= 15 is 0 Å². The Bertz CT molecular complexity index is 746. The number of aromatic nitrogens is 2. The Kier molecular flexibility index (Phi) is 7.50. The van der Waals surface area contributed by atoms with Crippen molar-refractivity contribution in [1.82, 2.24) is 25.3 Å². The maximum absolute atomic E-state index is 13.1. The molecular weight excluding hydrogens is 382 g/mol. The minimum Gasteiger partial charge on any atom is -0.349 e. The van der Waals surface area contributed by atoms with Gasteiger partial charge in [0.1, 0.15) is 6.04 Å². The van der Waals surface area contributed by atoms with Crippen LogP contribution in [-0.2, 0) is 16.6 Å². The van der Waals surface area contributed by atoms with Gasteiger partial charge < -0.3 is 15.5 Å². The summed E-state index contributed by atoms with van der Waals surface area (Å²) in [7, 11) is 1.78. The van der Waals surface area contributed by atoms with Gasteiger partial charge in [-0.1, -0.05) is 33.1 Å². The second-order valence-corrected chi connectivity index (χ2v) is 9.04. The minimum absolute atomic E-state index is 0.00815. The van der Waals surface area contributed by atoms with Gasteiger partial charge in [-0.3, -0.25) is 19.1 Å². The maximum atomic E-state index is 13.1. The van der Waals surface area contributed by atoms with E-state index < -0.39 is 6.04 Å². The maximum Gasteiger partial charge on any atom is 0.254 e. The highest BCUT2D eigenvalue weighted by molar-refractivity contribution is 5.94. The standard InChI is InChI=1S/C22H35N5O3/c1-15(2)19(25-20(28)16-7-5-4-6-8-16)22(30)27-11-9-18(10-12-27)24-21(29)17-13-23-26(3)14-17/h13-16,18-19H,4-12H2,1-3H3,(H,24,29)(H,25,28). The lowest BCUT2D eigenvalue weighted by Crippen LogP contribution is -2.55. The summed E-state index contributed by atoms with van der Waals surface area (Å²) in [5.74, 6) is -0.0338. The van der Waals surface area contributed by atoms with Gasteiger partial charge in [-0.15, -0.1) is 0 Å². The van der Waals surface area contributed by atoms with E-state index in [1.807, 2.05) is 18.7 Å². The van der Waals surface area contributed by atoms with Gasteiger partial charge in [0.2, 0.25) is 11.8 Å². The highest BCUT2D eigenvalue weighted by Gasteiger charge is 2.33. The number of nitrogens with one attached hydrogen (secondary N) is 2. The van der Waals surface area contributed by atoms with Gasteiger partial charge in [0, 0.05) is 38.3 Å². The zero-order valence-electron chi connectivity index (χ0n) is 18.4. The molecule has 1 saturated heterocycles. The van der Waals surface area contributed by atoms with E-state index in [1.165, 1.54) is 6.42 Å². The van der Waals surface area contributed by atoms with Crippen LogP contribution in [0.4, 0.5) is 0 Å². The van der Waals surface area contributed by atoms with E-state index in [0.717, 1.165) is 25.7 Å². The number of hydrogen-bond acceptors (Lipinski definition) is 4. The van der Waals surface area contributed by atoms with Gasteiger partial charge in [0.15, 0.2) is 0 Å². The van der Waals surface area contributed by atoms with Crippen molar-refractivity contribution >= 4 is 17.7 Å². The fourth-order valence-corrected chi connectivity index (χ4v) is 4.40. The van der Waals surface area contributed by atoms with Crippen molar-refractivity contribution in [2.24, 2.45) is 18.9 Å². The fraction of sp³-hybridized carbons (Fsp3) is 0.727. The molecule has 2 N–H and O–H groups in total. The minimum atomic E-state index is -0.485. The average Bonchev–Trinajstić information content (AvgIpc) is 3.19. The summed E-state index contributed by atoms with van der Waals surface area (Å²) < 4.78 is 1.60. The average molecular weight is 418 g/mol. The Hall–Kier alpha value is -2.38. The molecule has 2 fully saturated rings. The fourth-order valence-electron chi connectivity index (χ4n) is 4.40. The molecule has 3 amide bonds. The van der Waals surface area contributed by atoms with Crippen LogP contribution in [0.1, 0.15) is 69.2 Å². The lowest BCUT2D eigenvalue weighted by Gasteiger charge is -2.36. The molecule has 1 unspecified atom stereocenters. The van der Waals surface area contributed by atoms with Crippen LogP contribution in [0.5, 0.6) is 0 Å². The lowest BCUT2D eigenvalue weighted by molar-refractivity contribution is -0.139. The molecule has 3 rings (SSSR count). The van der Waals surface area contributed by atoms with Gasteiger partial charge in [-0.25, -0.2) is 0 Å². The van der Waals surface area contributed by atoms with Crippen molar-refractivity contribution in [2.75, 3.05) is 13.1 Å². The number of piperidine rings is 1. The number of carbonyl (C=O) groups excluding carboxylic acids is 3. The van der Waals surface area contributed by atoms with E-state index in [9.17, 15) is 14.4 Å². The molecule has 1 aromatic heterocycles. The molecule has 0 bridgehead atoms. The molecule has 0 radical (unpaired) electrons. The third kappa shape index (κ3) is 5.61. The summed E-state index contributed by atoms with van der Waals surface area (Å²) in [5.41, 5.74) is 0.543. The van der Waals surface area contributed by atoms with E-state index in [1.54, 1.807) is 24.1 Å². The third-order valence-corrected chi connectivity index (χ3v) is 6.32. The Labute approximate surface area is 178 Å². The first kappa shape index (κ1) is 22.3. The molecule has 0 spiro atoms. The van der Waals surface area contributed by atoms with Crippen LogP contribution in [0.2, 0.25) is 0 Å². The topological polar surface area (TPSA) is 96.3 Å². The zero-order valence-corrected chi connectivity index (χ0v) is 18.4. The summed E-state index contributed by atoms with van der Waals surface area (Å²) in [6.07, 6.45) is 9.89. The van der Waals surface area contributed by atoms with Crippen LogP contribution in [0.15, 0.2) is 12.4 Å².